The van der Waals surface area contributed by atoms with Gasteiger partial charge in [0.1, 0.15) is 5.70 Å². The van der Waals surface area contributed by atoms with Crippen LogP contribution in [0.5, 0.6) is 0 Å². The zero-order chi connectivity index (χ0) is 11.3. The van der Waals surface area contributed by atoms with Gasteiger partial charge in [0, 0.05) is 30.5 Å². The van der Waals surface area contributed by atoms with Gasteiger partial charge >= 0.3 is 0 Å². The summed E-state index contributed by atoms with van der Waals surface area (Å²) < 4.78 is 0. The Labute approximate surface area is 89.2 Å². The van der Waals surface area contributed by atoms with Crippen LogP contribution in [-0.4, -0.2) is 13.3 Å². The van der Waals surface area contributed by atoms with E-state index >= 15 is 0 Å². The molecule has 0 aliphatic rings. The maximum absolute atomic E-state index is 7.30. The fourth-order valence-corrected chi connectivity index (χ4v) is 1.36. The summed E-state index contributed by atoms with van der Waals surface area (Å²) in [7, 11) is 1.61. The molecule has 4 heteroatoms. The van der Waals surface area contributed by atoms with Crippen LogP contribution < -0.4 is 11.2 Å². The van der Waals surface area contributed by atoms with E-state index in [-0.39, 0.29) is 0 Å². The maximum atomic E-state index is 7.30. The molecule has 1 aromatic carbocycles. The Morgan fingerprint density at radius 1 is 1.53 bits per heavy atom. The highest BCUT2D eigenvalue weighted by Gasteiger charge is 2.02. The van der Waals surface area contributed by atoms with Crippen LogP contribution in [0.3, 0.4) is 0 Å². The fourth-order valence-electron chi connectivity index (χ4n) is 1.36. The minimum absolute atomic E-state index is 0.615. The van der Waals surface area contributed by atoms with E-state index in [1.54, 1.807) is 18.7 Å². The lowest BCUT2D eigenvalue weighted by molar-refractivity contribution is -0.853. The molecular formula is C11H16N3O+. The Bertz CT molecular complexity index is 385. The van der Waals surface area contributed by atoms with Crippen LogP contribution in [-0.2, 0) is 4.84 Å². The second kappa shape index (κ2) is 5.29. The highest BCUT2D eigenvalue weighted by Crippen LogP contribution is 2.16. The van der Waals surface area contributed by atoms with Crippen molar-refractivity contribution in [1.29, 1.82) is 5.41 Å². The lowest BCUT2D eigenvalue weighted by atomic mass is 10.1. The van der Waals surface area contributed by atoms with Crippen LogP contribution in [0.2, 0.25) is 0 Å². The molecule has 0 bridgehead atoms. The first kappa shape index (κ1) is 11.4. The first-order valence-electron chi connectivity index (χ1n) is 4.62. The van der Waals surface area contributed by atoms with Gasteiger partial charge in [-0.05, 0) is 11.6 Å². The minimum atomic E-state index is 0.615. The second-order valence-electron chi connectivity index (χ2n) is 3.24. The standard InChI is InChI=1S/C11H15N3O/c1-8(14-15-2)6-9-4-3-5-11(13)10(9)7-12/h3-7,12,14H,13H2,1-2H3/p+1/b8-6-,12-7?. The quantitative estimate of drug-likeness (QED) is 0.386. The van der Waals surface area contributed by atoms with Crippen molar-refractivity contribution in [2.45, 2.75) is 6.92 Å². The molecule has 0 atom stereocenters. The third-order valence-corrected chi connectivity index (χ3v) is 2.00. The Balaban J connectivity index is 3.09. The van der Waals surface area contributed by atoms with Crippen molar-refractivity contribution in [3.05, 3.63) is 35.0 Å². The molecule has 0 aromatic heterocycles. The number of rotatable bonds is 4. The zero-order valence-corrected chi connectivity index (χ0v) is 8.95. The number of hydroxylamine groups is 1. The summed E-state index contributed by atoms with van der Waals surface area (Å²) in [5.41, 5.74) is 10.7. The molecule has 4 nitrogen and oxygen atoms in total. The summed E-state index contributed by atoms with van der Waals surface area (Å²) in [5.74, 6) is 0. The number of nitrogen functional groups attached to an aromatic ring is 1. The molecular weight excluding hydrogens is 190 g/mol. The molecule has 0 radical (unpaired) electrons. The molecule has 5 N–H and O–H groups in total. The maximum Gasteiger partial charge on any atom is 0.135 e. The van der Waals surface area contributed by atoms with Crippen LogP contribution in [0, 0.1) is 5.41 Å². The number of nitrogens with one attached hydrogen (secondary N) is 1. The predicted molar refractivity (Wildman–Crippen MR) is 61.3 cm³/mol. The Morgan fingerprint density at radius 2 is 2.27 bits per heavy atom. The van der Waals surface area contributed by atoms with Crippen LogP contribution in [0.15, 0.2) is 23.9 Å². The van der Waals surface area contributed by atoms with Gasteiger partial charge < -0.3 is 11.1 Å². The average Bonchev–Trinajstić information content (AvgIpc) is 2.18. The molecule has 0 aliphatic carbocycles. The van der Waals surface area contributed by atoms with Crippen LogP contribution in [0.1, 0.15) is 18.1 Å². The van der Waals surface area contributed by atoms with Gasteiger partial charge in [-0.15, -0.1) is 0 Å². The van der Waals surface area contributed by atoms with Gasteiger partial charge in [-0.2, -0.15) is 5.48 Å². The van der Waals surface area contributed by atoms with E-state index in [1.807, 2.05) is 25.1 Å². The molecule has 0 fully saturated rings. The monoisotopic (exact) mass is 206 g/mol. The molecule has 0 saturated carbocycles. The van der Waals surface area contributed by atoms with E-state index < -0.39 is 0 Å². The number of allylic oxidation sites excluding steroid dienone is 1. The van der Waals surface area contributed by atoms with Gasteiger partial charge in [0.2, 0.25) is 0 Å². The molecule has 0 amide bonds. The lowest BCUT2D eigenvalue weighted by Gasteiger charge is -2.04. The largest absolute Gasteiger partial charge is 0.398 e. The van der Waals surface area contributed by atoms with E-state index in [2.05, 4.69) is 0 Å². The Kier molecular flexibility index (Phi) is 4.03. The van der Waals surface area contributed by atoms with Gasteiger partial charge in [0.25, 0.3) is 0 Å². The summed E-state index contributed by atoms with van der Waals surface area (Å²) in [5, 5.41) is 7.30. The van der Waals surface area contributed by atoms with E-state index in [9.17, 15) is 0 Å². The number of anilines is 1. The van der Waals surface area contributed by atoms with Crippen molar-refractivity contribution in [2.75, 3.05) is 12.8 Å². The third-order valence-electron chi connectivity index (χ3n) is 2.00. The summed E-state index contributed by atoms with van der Waals surface area (Å²) in [6.45, 7) is 1.93. The Hall–Kier alpha value is -1.65. The minimum Gasteiger partial charge on any atom is -0.398 e. The summed E-state index contributed by atoms with van der Waals surface area (Å²) in [6, 6.07) is 5.57. The van der Waals surface area contributed by atoms with Crippen molar-refractivity contribution >= 4 is 18.0 Å². The molecule has 1 aromatic rings. The first-order valence-corrected chi connectivity index (χ1v) is 4.62. The molecule has 0 unspecified atom stereocenters. The summed E-state index contributed by atoms with van der Waals surface area (Å²) in [6.07, 6.45) is 3.20. The van der Waals surface area contributed by atoms with Crippen molar-refractivity contribution in [1.82, 2.24) is 0 Å². The van der Waals surface area contributed by atoms with Gasteiger partial charge in [0.15, 0.2) is 0 Å². The van der Waals surface area contributed by atoms with E-state index in [0.717, 1.165) is 16.8 Å². The smallest absolute Gasteiger partial charge is 0.135 e. The zero-order valence-electron chi connectivity index (χ0n) is 8.95. The number of benzene rings is 1. The van der Waals surface area contributed by atoms with Gasteiger partial charge in [0.05, 0.1) is 7.11 Å². The average molecular weight is 206 g/mol. The number of hydrogen-bond acceptors (Lipinski definition) is 3. The lowest BCUT2D eigenvalue weighted by Crippen LogP contribution is -2.79. The number of nitrogens with two attached hydrogens (primary N) is 2. The predicted octanol–water partition coefficient (Wildman–Crippen LogP) is 0.752. The number of hydrogen-bond donors (Lipinski definition) is 3. The van der Waals surface area contributed by atoms with E-state index in [0.29, 0.717) is 5.69 Å². The molecule has 80 valence electrons. The first-order chi connectivity index (χ1) is 7.19. The van der Waals surface area contributed by atoms with Gasteiger partial charge in [-0.3, -0.25) is 0 Å². The molecule has 1 rings (SSSR count). The molecule has 0 aliphatic heterocycles. The number of quaternary nitrogens is 1. The molecule has 0 spiro atoms. The second-order valence-corrected chi connectivity index (χ2v) is 3.24. The van der Waals surface area contributed by atoms with Crippen LogP contribution in [0.25, 0.3) is 6.08 Å². The van der Waals surface area contributed by atoms with E-state index in [4.69, 9.17) is 16.0 Å². The SMILES string of the molecule is CO[NH2+]/C(C)=C\c1cccc(N)c1C=N. The van der Waals surface area contributed by atoms with Crippen molar-refractivity contribution in [3.8, 4) is 0 Å². The Morgan fingerprint density at radius 3 is 2.87 bits per heavy atom. The van der Waals surface area contributed by atoms with Crippen LogP contribution in [0.4, 0.5) is 5.69 Å². The third kappa shape index (κ3) is 2.90. The molecule has 0 saturated heterocycles. The molecule has 0 heterocycles. The molecule has 15 heavy (non-hydrogen) atoms. The van der Waals surface area contributed by atoms with Crippen molar-refractivity contribution in [2.24, 2.45) is 0 Å². The van der Waals surface area contributed by atoms with Crippen molar-refractivity contribution < 1.29 is 10.3 Å². The fraction of sp³-hybridized carbons (Fsp3) is 0.182. The highest BCUT2D eigenvalue weighted by atomic mass is 16.6. The van der Waals surface area contributed by atoms with Crippen LogP contribution >= 0.6 is 0 Å². The highest BCUT2D eigenvalue weighted by molar-refractivity contribution is 5.90. The van der Waals surface area contributed by atoms with Crippen molar-refractivity contribution in [3.63, 3.8) is 0 Å². The van der Waals surface area contributed by atoms with E-state index in [1.165, 1.54) is 6.21 Å². The topological polar surface area (TPSA) is 75.7 Å². The summed E-state index contributed by atoms with van der Waals surface area (Å²) >= 11 is 0. The van der Waals surface area contributed by atoms with Gasteiger partial charge in [-0.25, -0.2) is 4.84 Å². The summed E-state index contributed by atoms with van der Waals surface area (Å²) in [4.78, 5) is 4.90. The van der Waals surface area contributed by atoms with Gasteiger partial charge in [-0.1, -0.05) is 12.1 Å². The normalized spacial score (nSPS) is 11.5.